The van der Waals surface area contributed by atoms with Gasteiger partial charge in [0.05, 0.1) is 76.0 Å². The molecule has 0 bridgehead atoms. The molecule has 0 amide bonds. The predicted molar refractivity (Wildman–Crippen MR) is 335 cm³/mol. The van der Waals surface area contributed by atoms with Crippen molar-refractivity contribution in [3.8, 4) is 23.0 Å². The summed E-state index contributed by atoms with van der Waals surface area (Å²) in [7, 11) is 5.55. The predicted octanol–water partition coefficient (Wildman–Crippen LogP) is 9.03. The Morgan fingerprint density at radius 3 is 1.27 bits per heavy atom. The van der Waals surface area contributed by atoms with Crippen molar-refractivity contribution in [2.45, 2.75) is 233 Å². The number of esters is 6. The third kappa shape index (κ3) is 13.9. The fourth-order valence-electron chi connectivity index (χ4n) is 16.7. The van der Waals surface area contributed by atoms with Crippen LogP contribution < -0.4 is 18.9 Å². The van der Waals surface area contributed by atoms with Crippen molar-refractivity contribution in [1.29, 1.82) is 0 Å². The Bertz CT molecular complexity index is 3200. The molecule has 2 saturated carbocycles. The molecule has 8 atom stereocenters. The first kappa shape index (κ1) is 67.8. The van der Waals surface area contributed by atoms with Gasteiger partial charge in [0.25, 0.3) is 0 Å². The second-order valence-corrected chi connectivity index (χ2v) is 28.5. The molecule has 22 heteroatoms. The Hall–Kier alpha value is -6.62. The molecule has 0 aromatic heterocycles. The number of ether oxygens (including phenoxy) is 12. The van der Waals surface area contributed by atoms with Crippen molar-refractivity contribution in [3.05, 3.63) is 70.2 Å². The highest BCUT2D eigenvalue weighted by atomic mass is 16.7. The van der Waals surface area contributed by atoms with Gasteiger partial charge >= 0.3 is 35.8 Å². The van der Waals surface area contributed by atoms with Gasteiger partial charge in [0, 0.05) is 13.1 Å². The number of carbonyl (C=O) groups is 6. The normalized spacial score (nSPS) is 26.6. The maximum atomic E-state index is 14.1. The van der Waals surface area contributed by atoms with Gasteiger partial charge in [-0.25, -0.2) is 9.59 Å². The van der Waals surface area contributed by atoms with Crippen LogP contribution in [-0.2, 0) is 79.5 Å². The van der Waals surface area contributed by atoms with Crippen molar-refractivity contribution in [1.82, 2.24) is 9.80 Å². The number of hydrogen-bond donors (Lipinski definition) is 2. The summed E-state index contributed by atoms with van der Waals surface area (Å²) < 4.78 is 68.6. The van der Waals surface area contributed by atoms with Crippen LogP contribution in [0.25, 0.3) is 0 Å². The topological polar surface area (TPSA) is 260 Å². The summed E-state index contributed by atoms with van der Waals surface area (Å²) in [5.41, 5.74) is -2.64. The minimum atomic E-state index is -2.16. The fourth-order valence-corrected chi connectivity index (χ4v) is 16.7. The molecule has 2 aromatic rings. The summed E-state index contributed by atoms with van der Waals surface area (Å²) in [6.45, 7) is 11.1. The SMILES string of the molecule is COC(=O)C[C@](O)(CCCC(C)(C)OC(=O)C1CCCC1)C(=O)O[C@@H]1C(OC)=C[C@]23CCCN2CCc2cc4c(cc2[C@H]13)OCO4.COC(=O)C[C@](O)(CCCC(C)(C)OC(=O)C1CCCCC1)C(=O)O[C@@H]1C(OC)=C[C@]23CCCN2CCc2cc4c(cc2[C@H]13)OCO4. The second kappa shape index (κ2) is 27.6. The zero-order valence-corrected chi connectivity index (χ0v) is 55.6. The van der Waals surface area contributed by atoms with Crippen molar-refractivity contribution in [2.75, 3.05) is 68.2 Å². The number of methoxy groups -OCH3 is 4. The number of aliphatic hydroxyl groups is 2. The van der Waals surface area contributed by atoms with Gasteiger partial charge in [0.2, 0.25) is 13.6 Å². The van der Waals surface area contributed by atoms with Crippen LogP contribution in [0.1, 0.15) is 197 Å². The zero-order chi connectivity index (χ0) is 66.1. The number of benzene rings is 2. The van der Waals surface area contributed by atoms with E-state index in [1.807, 2.05) is 52.0 Å². The van der Waals surface area contributed by atoms with Crippen LogP contribution >= 0.6 is 0 Å². The van der Waals surface area contributed by atoms with Gasteiger partial charge in [-0.15, -0.1) is 0 Å². The maximum Gasteiger partial charge on any atom is 0.339 e. The van der Waals surface area contributed by atoms with Gasteiger partial charge in [-0.3, -0.25) is 29.0 Å². The van der Waals surface area contributed by atoms with Gasteiger partial charge in [0.1, 0.15) is 22.7 Å². The molecule has 0 radical (unpaired) electrons. The number of fused-ring (bicyclic) bond motifs is 6. The molecule has 22 nitrogen and oxygen atoms in total. The zero-order valence-electron chi connectivity index (χ0n) is 55.6. The maximum absolute atomic E-state index is 14.1. The molecule has 2 aromatic carbocycles. The lowest BCUT2D eigenvalue weighted by molar-refractivity contribution is -0.179. The van der Waals surface area contributed by atoms with Crippen molar-refractivity contribution in [2.24, 2.45) is 11.8 Å². The Kier molecular flexibility index (Phi) is 20.1. The quantitative estimate of drug-likeness (QED) is 0.0822. The number of nitrogens with zero attached hydrogens (tertiary/aromatic N) is 2. The van der Waals surface area contributed by atoms with Crippen LogP contribution in [0.2, 0.25) is 0 Å². The first-order valence-corrected chi connectivity index (χ1v) is 33.8. The molecule has 12 rings (SSSR count). The molecule has 6 heterocycles. The summed E-state index contributed by atoms with van der Waals surface area (Å²) in [6.07, 6.45) is 16.5. The first-order valence-electron chi connectivity index (χ1n) is 33.8. The summed E-state index contributed by atoms with van der Waals surface area (Å²) in [4.78, 5) is 83.7. The summed E-state index contributed by atoms with van der Waals surface area (Å²) in [5.74, 6) is -0.776. The van der Waals surface area contributed by atoms with E-state index >= 15 is 0 Å². The Morgan fingerprint density at radius 2 is 0.892 bits per heavy atom. The third-order valence-corrected chi connectivity index (χ3v) is 21.6. The minimum absolute atomic E-state index is 0.0756. The van der Waals surface area contributed by atoms with Crippen LogP contribution in [0.15, 0.2) is 47.9 Å². The van der Waals surface area contributed by atoms with Crippen LogP contribution in [0.4, 0.5) is 0 Å². The van der Waals surface area contributed by atoms with Crippen LogP contribution in [0.3, 0.4) is 0 Å². The molecule has 6 aliphatic heterocycles. The molecule has 510 valence electrons. The van der Waals surface area contributed by atoms with Crippen LogP contribution in [0.5, 0.6) is 23.0 Å². The highest BCUT2D eigenvalue weighted by Crippen LogP contribution is 2.58. The summed E-state index contributed by atoms with van der Waals surface area (Å²) in [5, 5.41) is 23.7. The van der Waals surface area contributed by atoms with Gasteiger partial charge in [-0.05, 0) is 202 Å². The van der Waals surface area contributed by atoms with E-state index in [-0.39, 0.29) is 62.0 Å². The lowest BCUT2D eigenvalue weighted by Gasteiger charge is -2.39. The highest BCUT2D eigenvalue weighted by Gasteiger charge is 2.61. The monoisotopic (exact) mass is 1300 g/mol. The minimum Gasteiger partial charge on any atom is -0.497 e. The lowest BCUT2D eigenvalue weighted by atomic mass is 9.77. The van der Waals surface area contributed by atoms with Gasteiger partial charge in [-0.1, -0.05) is 32.1 Å². The molecule has 2 N–H and O–H groups in total. The molecule has 93 heavy (non-hydrogen) atoms. The second-order valence-electron chi connectivity index (χ2n) is 28.5. The first-order chi connectivity index (χ1) is 44.5. The Balaban J connectivity index is 0.000000190. The van der Waals surface area contributed by atoms with E-state index in [4.69, 9.17) is 56.8 Å². The Labute approximate surface area is 545 Å². The lowest BCUT2D eigenvalue weighted by Crippen LogP contribution is -2.49. The van der Waals surface area contributed by atoms with Gasteiger partial charge in [-0.2, -0.15) is 0 Å². The molecule has 2 spiro atoms. The fraction of sp³-hybridized carbons (Fsp3) is 0.690. The molecule has 0 unspecified atom stereocenters. The average molecular weight is 1300 g/mol. The van der Waals surface area contributed by atoms with E-state index in [1.165, 1.54) is 14.2 Å². The molecular formula is C71H96N2O20. The molecule has 4 fully saturated rings. The molecule has 4 aliphatic carbocycles. The van der Waals surface area contributed by atoms with E-state index in [1.54, 1.807) is 14.2 Å². The van der Waals surface area contributed by atoms with E-state index in [9.17, 15) is 39.0 Å². The van der Waals surface area contributed by atoms with Crippen molar-refractivity contribution >= 4 is 35.8 Å². The van der Waals surface area contributed by atoms with Crippen molar-refractivity contribution in [3.63, 3.8) is 0 Å². The third-order valence-electron chi connectivity index (χ3n) is 21.6. The number of rotatable bonds is 22. The standard InChI is InChI=1S/C36H49NO10.C35H47NO10/c1-34(2,47-32(39)23-10-6-5-7-11-23)13-8-15-36(41,21-29(38)43-4)33(40)46-31-28(42-3)20-35-14-9-16-37(35)17-12-24-18-26-27(45-22-44-26)19-25(24)30(31)35;1-33(2,46-31(38)22-9-5-6-10-22)12-7-14-35(40,20-28(37)42-4)32(39)45-30-27(41-3)19-34-13-8-15-36(34)16-11-23-17-25-26(44-21-43-25)18-24(23)29(30)34/h18-20,23,30-31,41H,5-17,21-22H2,1-4H3;17-19,22,29-30,40H,5-16,20-21H2,1-4H3/t30-,31-,35+,36-;29-,30-,34+,35-/m11/s1. The summed E-state index contributed by atoms with van der Waals surface area (Å²) in [6, 6.07) is 8.03. The largest absolute Gasteiger partial charge is 0.497 e. The number of hydrogen-bond acceptors (Lipinski definition) is 22. The van der Waals surface area contributed by atoms with E-state index in [2.05, 4.69) is 22.0 Å². The Morgan fingerprint density at radius 1 is 0.516 bits per heavy atom. The van der Waals surface area contributed by atoms with Crippen LogP contribution in [0, 0.1) is 11.8 Å². The van der Waals surface area contributed by atoms with E-state index in [0.717, 1.165) is 145 Å². The number of carbonyl (C=O) groups excluding carboxylic acids is 6. The smallest absolute Gasteiger partial charge is 0.339 e. The molecular weight excluding hydrogens is 1200 g/mol. The van der Waals surface area contributed by atoms with Gasteiger partial charge < -0.3 is 67.1 Å². The molecule has 10 aliphatic rings. The summed E-state index contributed by atoms with van der Waals surface area (Å²) >= 11 is 0. The van der Waals surface area contributed by atoms with E-state index < -0.39 is 82.4 Å². The van der Waals surface area contributed by atoms with E-state index in [0.29, 0.717) is 60.2 Å². The molecule has 2 saturated heterocycles. The van der Waals surface area contributed by atoms with Gasteiger partial charge in [0.15, 0.2) is 46.4 Å². The van der Waals surface area contributed by atoms with Crippen molar-refractivity contribution < 1.29 is 95.8 Å². The average Bonchev–Trinajstić information content (AvgIpc) is 1.57. The van der Waals surface area contributed by atoms with Crippen LogP contribution in [-0.4, -0.2) is 170 Å². The highest BCUT2D eigenvalue weighted by molar-refractivity contribution is 5.87.